The molecule has 3 aliphatic heterocycles. The lowest BCUT2D eigenvalue weighted by Crippen LogP contribution is -2.54. The summed E-state index contributed by atoms with van der Waals surface area (Å²) < 4.78 is 44.7. The van der Waals surface area contributed by atoms with Crippen molar-refractivity contribution in [1.29, 1.82) is 0 Å². The number of hydrogen-bond donors (Lipinski definition) is 2. The maximum Gasteiger partial charge on any atom is 0.319 e. The summed E-state index contributed by atoms with van der Waals surface area (Å²) in [6.07, 6.45) is 5.74. The highest BCUT2D eigenvalue weighted by Crippen LogP contribution is 2.44. The Labute approximate surface area is 289 Å². The number of rotatable bonds is 12. The van der Waals surface area contributed by atoms with Crippen LogP contribution in [0.3, 0.4) is 0 Å². The molecule has 0 saturated carbocycles. The predicted octanol–water partition coefficient (Wildman–Crippen LogP) is 1.57. The van der Waals surface area contributed by atoms with E-state index in [4.69, 9.17) is 9.47 Å². The van der Waals surface area contributed by atoms with E-state index in [1.54, 1.807) is 6.07 Å². The molecule has 15 heteroatoms. The van der Waals surface area contributed by atoms with Gasteiger partial charge in [-0.15, -0.1) is 6.58 Å². The number of fused-ring (bicyclic) bond motifs is 2. The molecule has 1 atom stereocenters. The highest BCUT2D eigenvalue weighted by molar-refractivity contribution is 7.85. The first-order chi connectivity index (χ1) is 23.8. The van der Waals surface area contributed by atoms with Gasteiger partial charge >= 0.3 is 5.97 Å². The van der Waals surface area contributed by atoms with Gasteiger partial charge in [-0.1, -0.05) is 18.3 Å². The largest absolute Gasteiger partial charge is 0.481 e. The monoisotopic (exact) mass is 718 g/mol. The number of hydrogen-bond acceptors (Lipinski definition) is 9. The molecule has 2 N–H and O–H groups in total. The van der Waals surface area contributed by atoms with E-state index < -0.39 is 41.7 Å². The average Bonchev–Trinajstić information content (AvgIpc) is 3.04. The van der Waals surface area contributed by atoms with Crippen LogP contribution in [-0.2, 0) is 29.2 Å². The summed E-state index contributed by atoms with van der Waals surface area (Å²) in [6, 6.07) is 10.6. The van der Waals surface area contributed by atoms with Crippen LogP contribution >= 0.6 is 0 Å². The molecular formula is C35H36N3O10SSi+. The fourth-order valence-electron chi connectivity index (χ4n) is 6.82. The molecule has 260 valence electrons. The normalized spacial score (nSPS) is 21.2. The Kier molecular flexibility index (Phi) is 9.24. The minimum absolute atomic E-state index is 0.187. The Morgan fingerprint density at radius 3 is 2.48 bits per heavy atom. The van der Waals surface area contributed by atoms with Gasteiger partial charge in [-0.3, -0.25) is 23.7 Å². The van der Waals surface area contributed by atoms with Gasteiger partial charge in [-0.25, -0.2) is 4.58 Å². The Morgan fingerprint density at radius 2 is 1.84 bits per heavy atom. The summed E-state index contributed by atoms with van der Waals surface area (Å²) in [5.74, 6) is -2.28. The van der Waals surface area contributed by atoms with Crippen molar-refractivity contribution in [2.45, 2.75) is 12.7 Å². The first kappa shape index (κ1) is 34.7. The number of ether oxygens (including phenoxy) is 2. The zero-order chi connectivity index (χ0) is 36.0. The number of aliphatic carboxylic acids is 1. The van der Waals surface area contributed by atoms with Crippen LogP contribution in [0.15, 0.2) is 77.7 Å². The number of anilines is 1. The molecule has 4 aliphatic rings. The van der Waals surface area contributed by atoms with Crippen molar-refractivity contribution in [3.8, 4) is 5.75 Å². The number of amides is 1. The van der Waals surface area contributed by atoms with Crippen LogP contribution < -0.4 is 14.8 Å². The van der Waals surface area contributed by atoms with Crippen molar-refractivity contribution in [1.82, 2.24) is 4.90 Å². The second kappa shape index (κ2) is 13.3. The summed E-state index contributed by atoms with van der Waals surface area (Å²) in [4.78, 5) is 51.2. The summed E-state index contributed by atoms with van der Waals surface area (Å²) >= 11 is 0. The lowest BCUT2D eigenvalue weighted by atomic mass is 9.86. The van der Waals surface area contributed by atoms with E-state index in [9.17, 15) is 37.3 Å². The van der Waals surface area contributed by atoms with E-state index in [0.29, 0.717) is 50.3 Å². The molecule has 0 bridgehead atoms. The van der Waals surface area contributed by atoms with E-state index >= 15 is 0 Å². The number of allylic oxidation sites excluding steroid dienone is 5. The van der Waals surface area contributed by atoms with Crippen molar-refractivity contribution < 1.29 is 51.3 Å². The van der Waals surface area contributed by atoms with E-state index in [0.717, 1.165) is 32.9 Å². The quantitative estimate of drug-likeness (QED) is 0.141. The van der Waals surface area contributed by atoms with Gasteiger partial charge in [0.05, 0.1) is 18.8 Å². The number of benzene rings is 2. The molecule has 0 aromatic heterocycles. The predicted molar refractivity (Wildman–Crippen MR) is 187 cm³/mol. The zero-order valence-electron chi connectivity index (χ0n) is 27.4. The molecule has 2 aromatic carbocycles. The minimum atomic E-state index is -4.34. The Hall–Kier alpha value is -5.12. The molecule has 1 amide bonds. The van der Waals surface area contributed by atoms with Crippen molar-refractivity contribution in [3.63, 3.8) is 0 Å². The molecule has 2 fully saturated rings. The fraction of sp³-hybridized carbons (Fsp3) is 0.286. The molecule has 6 rings (SSSR count). The molecule has 0 spiro atoms. The fourth-order valence-corrected chi connectivity index (χ4v) is 10.5. The van der Waals surface area contributed by atoms with Gasteiger partial charge in [0.25, 0.3) is 29.0 Å². The van der Waals surface area contributed by atoms with Gasteiger partial charge in [-0.05, 0) is 69.1 Å². The smallest absolute Gasteiger partial charge is 0.319 e. The van der Waals surface area contributed by atoms with Crippen LogP contribution in [0.1, 0.15) is 21.5 Å². The summed E-state index contributed by atoms with van der Waals surface area (Å²) in [5.41, 5.74) is 6.75. The topological polar surface area (TPSA) is 171 Å². The summed E-state index contributed by atoms with van der Waals surface area (Å²) in [7, 11) is -5.65. The average molecular weight is 719 g/mol. The molecule has 1 aliphatic carbocycles. The van der Waals surface area contributed by atoms with Crippen molar-refractivity contribution in [2.75, 3.05) is 50.4 Å². The van der Waals surface area contributed by atoms with Gasteiger partial charge in [-0.2, -0.15) is 8.42 Å². The van der Waals surface area contributed by atoms with Crippen LogP contribution in [-0.4, -0.2) is 118 Å². The maximum atomic E-state index is 14.0. The first-order valence-corrected chi connectivity index (χ1v) is 20.0. The number of carbonyl (C=O) groups is 4. The number of carboxylic acid groups (broad SMARTS) is 1. The summed E-state index contributed by atoms with van der Waals surface area (Å²) in [6.45, 7) is 8.74. The first-order valence-electron chi connectivity index (χ1n) is 15.9. The van der Waals surface area contributed by atoms with Crippen LogP contribution in [0, 0.1) is 5.92 Å². The Morgan fingerprint density at radius 1 is 1.10 bits per heavy atom. The maximum absolute atomic E-state index is 14.0. The zero-order valence-corrected chi connectivity index (χ0v) is 29.3. The molecule has 50 heavy (non-hydrogen) atoms. The van der Waals surface area contributed by atoms with Crippen LogP contribution in [0.25, 0.3) is 5.57 Å². The lowest BCUT2D eigenvalue weighted by molar-refractivity contribution is -0.597. The summed E-state index contributed by atoms with van der Waals surface area (Å²) in [5, 5.41) is 11.5. The molecule has 0 radical (unpaired) electrons. The molecule has 1 unspecified atom stereocenters. The van der Waals surface area contributed by atoms with Crippen LogP contribution in [0.5, 0.6) is 5.75 Å². The van der Waals surface area contributed by atoms with Crippen LogP contribution in [0.2, 0.25) is 6.55 Å². The second-order valence-electron chi connectivity index (χ2n) is 12.9. The van der Waals surface area contributed by atoms with Gasteiger partial charge in [0, 0.05) is 37.0 Å². The van der Waals surface area contributed by atoms with Gasteiger partial charge in [0.2, 0.25) is 0 Å². The highest BCUT2D eigenvalue weighted by Gasteiger charge is 2.45. The lowest BCUT2D eigenvalue weighted by Gasteiger charge is -2.42. The Bertz CT molecular complexity index is 2060. The van der Waals surface area contributed by atoms with E-state index in [1.165, 1.54) is 24.1 Å². The molecule has 13 nitrogen and oxygen atoms in total. The number of nitrogens with zero attached hydrogens (tertiary/aromatic N) is 3. The number of carbonyl (C=O) groups excluding carboxylic acids is 3. The van der Waals surface area contributed by atoms with Gasteiger partial charge in [0.1, 0.15) is 19.9 Å². The van der Waals surface area contributed by atoms with E-state index in [-0.39, 0.29) is 24.0 Å². The van der Waals surface area contributed by atoms with Crippen LogP contribution in [0.4, 0.5) is 5.69 Å². The van der Waals surface area contributed by atoms with E-state index in [2.05, 4.69) is 30.2 Å². The minimum Gasteiger partial charge on any atom is -0.481 e. The van der Waals surface area contributed by atoms with Crippen molar-refractivity contribution in [3.05, 3.63) is 94.4 Å². The SMILES string of the molecule is C=C[Si]1(C)C2=CC(=[N+]3CC(C(=O)O)C3)C=CC2=C(c2cc(OC=O)ccc2C(=O)N(C)CCS(=O)(=O)O)c2ccc(N3CC(OC=O)C3)cc21. The van der Waals surface area contributed by atoms with Gasteiger partial charge < -0.3 is 24.4 Å². The highest BCUT2D eigenvalue weighted by atomic mass is 32.2. The molecular weight excluding hydrogens is 683 g/mol. The second-order valence-corrected chi connectivity index (χ2v) is 18.3. The third-order valence-corrected chi connectivity index (χ3v) is 14.4. The van der Waals surface area contributed by atoms with E-state index in [1.807, 2.05) is 34.6 Å². The molecule has 3 heterocycles. The standard InChI is InChI=1S/C35H35N3O10SSi/c1-4-50(3)31-13-23(37-16-22(17-37)35(42)43)5-8-28(31)33(29-9-6-24(14-32(29)50)38-18-26(19-38)48-21-40)30-15-25(47-20-39)7-10-27(30)34(41)36(2)11-12-49(44,45)46/h4-10,13-15,20-22,26H,1,11-12,16-19H2,2-3H3,(H-,42,43,44,45,46)/p+1. The molecule has 2 aromatic rings. The third-order valence-electron chi connectivity index (χ3n) is 9.84. The van der Waals surface area contributed by atoms with Gasteiger partial charge in [0.15, 0.2) is 24.7 Å². The third kappa shape index (κ3) is 6.34. The molecule has 2 saturated heterocycles. The number of carboxylic acids is 1. The van der Waals surface area contributed by atoms with Crippen molar-refractivity contribution >= 4 is 65.2 Å². The van der Waals surface area contributed by atoms with Crippen molar-refractivity contribution in [2.24, 2.45) is 5.92 Å². The Balaban J connectivity index is 1.56.